The van der Waals surface area contributed by atoms with Gasteiger partial charge in [-0.05, 0) is 99.2 Å². The second-order valence-corrected chi connectivity index (χ2v) is 10.7. The molecule has 0 aliphatic carbocycles. The number of nitrogens with two attached hydrogens (primary N) is 1. The largest absolute Gasteiger partial charge is 0.497 e. The molecule has 240 valence electrons. The lowest BCUT2D eigenvalue weighted by Gasteiger charge is -2.20. The van der Waals surface area contributed by atoms with Crippen molar-refractivity contribution in [1.82, 2.24) is 4.57 Å². The van der Waals surface area contributed by atoms with Gasteiger partial charge in [-0.25, -0.2) is 4.79 Å². The molecule has 0 spiro atoms. The molecule has 0 atom stereocenters. The van der Waals surface area contributed by atoms with Crippen molar-refractivity contribution in [2.75, 3.05) is 41.3 Å². The Morgan fingerprint density at radius 2 is 1.37 bits per heavy atom. The molecular weight excluding hydrogens is 680 g/mol. The molecule has 46 heavy (non-hydrogen) atoms. The molecule has 0 radical (unpaired) electrons. The van der Waals surface area contributed by atoms with Crippen molar-refractivity contribution in [3.05, 3.63) is 98.9 Å². The van der Waals surface area contributed by atoms with E-state index in [2.05, 4.69) is 15.9 Å². The molecule has 4 aromatic carbocycles. The van der Waals surface area contributed by atoms with Crippen LogP contribution in [-0.2, 0) is 11.3 Å². The fourth-order valence-electron chi connectivity index (χ4n) is 5.05. The Labute approximate surface area is 280 Å². The quantitative estimate of drug-likeness (QED) is 0.123. The maximum absolute atomic E-state index is 14.3. The predicted octanol–water partition coefficient (Wildman–Crippen LogP) is 6.82. The number of nitrogen functional groups attached to an aromatic ring is 1. The molecule has 1 aromatic heterocycles. The van der Waals surface area contributed by atoms with Crippen LogP contribution in [0.4, 0.5) is 5.69 Å². The van der Waals surface area contributed by atoms with Crippen LogP contribution >= 0.6 is 28.3 Å². The Balaban J connectivity index is 0.00000480. The van der Waals surface area contributed by atoms with Gasteiger partial charge in [0.25, 0.3) is 5.56 Å². The van der Waals surface area contributed by atoms with E-state index in [0.717, 1.165) is 5.56 Å². The predicted molar refractivity (Wildman–Crippen MR) is 183 cm³/mol. The maximum Gasteiger partial charge on any atom is 0.355 e. The van der Waals surface area contributed by atoms with Crippen molar-refractivity contribution in [2.45, 2.75) is 6.61 Å². The number of anilines is 1. The van der Waals surface area contributed by atoms with Crippen molar-refractivity contribution in [2.24, 2.45) is 0 Å². The van der Waals surface area contributed by atoms with Gasteiger partial charge < -0.3 is 34.2 Å². The van der Waals surface area contributed by atoms with Gasteiger partial charge in [-0.3, -0.25) is 9.36 Å². The van der Waals surface area contributed by atoms with Crippen molar-refractivity contribution in [1.29, 1.82) is 0 Å². The molecule has 2 N–H and O–H groups in total. The van der Waals surface area contributed by atoms with E-state index < -0.39 is 11.5 Å². The SMILES string of the molecule is COC(=O)c1c(-c2cc(OC)c(Br)c(OC)c2)c2ccc(OCc3cc(OC)cc(OC)c3)cc2c(=O)n1-c1ccc(N)cc1.Cl. The van der Waals surface area contributed by atoms with Gasteiger partial charge in [0.05, 0.1) is 40.9 Å². The minimum Gasteiger partial charge on any atom is -0.497 e. The van der Waals surface area contributed by atoms with Gasteiger partial charge in [0.15, 0.2) is 0 Å². The summed E-state index contributed by atoms with van der Waals surface area (Å²) in [7, 11) is 7.47. The molecule has 5 aromatic rings. The van der Waals surface area contributed by atoms with E-state index in [0.29, 0.717) is 66.5 Å². The highest BCUT2D eigenvalue weighted by molar-refractivity contribution is 9.10. The summed E-state index contributed by atoms with van der Waals surface area (Å²) in [6, 6.07) is 20.7. The van der Waals surface area contributed by atoms with E-state index in [4.69, 9.17) is 34.2 Å². The van der Waals surface area contributed by atoms with Crippen LogP contribution in [0.1, 0.15) is 16.1 Å². The molecule has 0 aliphatic heterocycles. The second-order valence-electron chi connectivity index (χ2n) is 9.86. The second kappa shape index (κ2) is 14.5. The molecule has 0 saturated carbocycles. The molecule has 0 bridgehead atoms. The first-order valence-corrected chi connectivity index (χ1v) is 14.5. The number of benzene rings is 4. The highest BCUT2D eigenvalue weighted by Gasteiger charge is 2.27. The molecule has 1 heterocycles. The van der Waals surface area contributed by atoms with Crippen molar-refractivity contribution in [3.63, 3.8) is 0 Å². The summed E-state index contributed by atoms with van der Waals surface area (Å²) in [6.45, 7) is 0.180. The van der Waals surface area contributed by atoms with E-state index in [9.17, 15) is 9.59 Å². The lowest BCUT2D eigenvalue weighted by molar-refractivity contribution is 0.0591. The van der Waals surface area contributed by atoms with Gasteiger partial charge in [0.1, 0.15) is 45.5 Å². The maximum atomic E-state index is 14.3. The normalized spacial score (nSPS) is 10.6. The van der Waals surface area contributed by atoms with Crippen molar-refractivity contribution < 1.29 is 33.2 Å². The highest BCUT2D eigenvalue weighted by atomic mass is 79.9. The average Bonchev–Trinajstić information content (AvgIpc) is 3.07. The molecule has 0 aliphatic rings. The first kappa shape index (κ1) is 34.0. The number of ether oxygens (including phenoxy) is 6. The van der Waals surface area contributed by atoms with Crippen LogP contribution in [0, 0.1) is 0 Å². The Kier molecular flexibility index (Phi) is 10.7. The fourth-order valence-corrected chi connectivity index (χ4v) is 5.60. The number of pyridine rings is 1. The van der Waals surface area contributed by atoms with Crippen LogP contribution < -0.4 is 35.0 Å². The van der Waals surface area contributed by atoms with Crippen LogP contribution in [0.5, 0.6) is 28.7 Å². The molecule has 0 amide bonds. The Morgan fingerprint density at radius 3 is 1.91 bits per heavy atom. The van der Waals surface area contributed by atoms with Crippen molar-refractivity contribution in [3.8, 4) is 45.6 Å². The molecule has 0 fully saturated rings. The molecule has 5 rings (SSSR count). The number of esters is 1. The number of nitrogens with zero attached hydrogens (tertiary/aromatic N) is 1. The van der Waals surface area contributed by atoms with Gasteiger partial charge >= 0.3 is 5.97 Å². The number of carbonyl (C=O) groups is 1. The molecule has 12 heteroatoms. The minimum absolute atomic E-state index is 0. The Morgan fingerprint density at radius 1 is 0.761 bits per heavy atom. The number of halogens is 2. The van der Waals surface area contributed by atoms with Gasteiger partial charge in [0.2, 0.25) is 0 Å². The van der Waals surface area contributed by atoms with E-state index >= 15 is 0 Å². The van der Waals surface area contributed by atoms with E-state index in [1.54, 1.807) is 74.9 Å². The standard InChI is InChI=1S/C34H31BrN2O8.ClH/c1-40-24-12-19(13-25(16-24)41-2)18-45-23-10-11-26-27(17-23)33(38)37(22-8-6-21(36)7-9-22)32(34(39)44-5)30(26)20-14-28(42-3)31(35)29(15-20)43-4;/h6-17H,18,36H2,1-5H3;1H. The summed E-state index contributed by atoms with van der Waals surface area (Å²) in [5.41, 5.74) is 8.23. The molecule has 10 nitrogen and oxygen atoms in total. The Bertz CT molecular complexity index is 1910. The van der Waals surface area contributed by atoms with Gasteiger partial charge in [-0.2, -0.15) is 0 Å². The fraction of sp³-hybridized carbons (Fsp3) is 0.176. The van der Waals surface area contributed by atoms with Crippen LogP contribution in [0.2, 0.25) is 0 Å². The highest BCUT2D eigenvalue weighted by Crippen LogP contribution is 2.42. The summed E-state index contributed by atoms with van der Waals surface area (Å²) in [5, 5.41) is 0.796. The van der Waals surface area contributed by atoms with Crippen LogP contribution in [-0.4, -0.2) is 46.1 Å². The zero-order chi connectivity index (χ0) is 32.2. The smallest absolute Gasteiger partial charge is 0.355 e. The van der Waals surface area contributed by atoms with Gasteiger partial charge in [-0.15, -0.1) is 12.4 Å². The number of fused-ring (bicyclic) bond motifs is 1. The monoisotopic (exact) mass is 710 g/mol. The summed E-state index contributed by atoms with van der Waals surface area (Å²) in [4.78, 5) is 27.9. The zero-order valence-electron chi connectivity index (χ0n) is 25.7. The van der Waals surface area contributed by atoms with Gasteiger partial charge in [-0.1, -0.05) is 0 Å². The van der Waals surface area contributed by atoms with Crippen molar-refractivity contribution >= 4 is 50.8 Å². The van der Waals surface area contributed by atoms with Crippen LogP contribution in [0.3, 0.4) is 0 Å². The van der Waals surface area contributed by atoms with E-state index in [1.807, 2.05) is 12.1 Å². The van der Waals surface area contributed by atoms with E-state index in [1.165, 1.54) is 25.9 Å². The van der Waals surface area contributed by atoms with Crippen LogP contribution in [0.15, 0.2) is 82.1 Å². The number of aromatic nitrogens is 1. The number of rotatable bonds is 10. The third-order valence-corrected chi connectivity index (χ3v) is 8.02. The summed E-state index contributed by atoms with van der Waals surface area (Å²) >= 11 is 3.51. The summed E-state index contributed by atoms with van der Waals surface area (Å²) < 4.78 is 35.2. The van der Waals surface area contributed by atoms with E-state index in [-0.39, 0.29) is 24.7 Å². The molecule has 0 saturated heterocycles. The summed E-state index contributed by atoms with van der Waals surface area (Å²) in [6.07, 6.45) is 0. The topological polar surface area (TPSA) is 120 Å². The number of methoxy groups -OCH3 is 5. The first-order chi connectivity index (χ1) is 21.7. The third kappa shape index (κ3) is 6.56. The lowest BCUT2D eigenvalue weighted by Crippen LogP contribution is -2.27. The van der Waals surface area contributed by atoms with Gasteiger partial charge in [0, 0.05) is 23.0 Å². The third-order valence-electron chi connectivity index (χ3n) is 7.24. The minimum atomic E-state index is -0.714. The first-order valence-electron chi connectivity index (χ1n) is 13.7. The lowest BCUT2D eigenvalue weighted by atomic mass is 9.95. The van der Waals surface area contributed by atoms with Crippen LogP contribution in [0.25, 0.3) is 27.6 Å². The molecular formula is C34H32BrClN2O8. The summed E-state index contributed by atoms with van der Waals surface area (Å²) in [5.74, 6) is 1.90. The number of carbonyl (C=O) groups excluding carboxylic acids is 1. The Hall–Kier alpha value is -4.87. The zero-order valence-corrected chi connectivity index (χ0v) is 28.1. The average molecular weight is 712 g/mol. The number of hydrogen-bond donors (Lipinski definition) is 1. The molecule has 0 unspecified atom stereocenters. The number of hydrogen-bond acceptors (Lipinski definition) is 9.